The average Bonchev–Trinajstić information content (AvgIpc) is 2.85. The molecule has 0 saturated heterocycles. The van der Waals surface area contributed by atoms with Crippen molar-refractivity contribution in [3.8, 4) is 0 Å². The Balaban J connectivity index is 1.80. The Hall–Kier alpha value is -0.480. The van der Waals surface area contributed by atoms with E-state index in [-0.39, 0.29) is 6.04 Å². The average molecular weight is 253 g/mol. The second-order valence-corrected chi connectivity index (χ2v) is 6.19. The lowest BCUT2D eigenvalue weighted by molar-refractivity contribution is 0.339. The molecule has 0 aromatic carbocycles. The molecule has 96 valence electrons. The van der Waals surface area contributed by atoms with E-state index in [1.165, 1.54) is 43.5 Å². The van der Waals surface area contributed by atoms with Gasteiger partial charge in [0.2, 0.25) is 0 Å². The van der Waals surface area contributed by atoms with Crippen molar-refractivity contribution in [2.24, 2.45) is 11.7 Å². The number of hydrogen-bond acceptors (Lipinski definition) is 4. The molecule has 0 bridgehead atoms. The fourth-order valence-corrected chi connectivity index (χ4v) is 3.44. The first-order chi connectivity index (χ1) is 8.29. The number of hydrogen-bond donors (Lipinski definition) is 1. The Morgan fingerprint density at radius 1 is 1.29 bits per heavy atom. The fourth-order valence-electron chi connectivity index (χ4n) is 2.50. The van der Waals surface area contributed by atoms with Crippen LogP contribution < -0.4 is 5.73 Å². The fraction of sp³-hybridized carbons (Fsp3) is 0.846. The predicted octanol–water partition coefficient (Wildman–Crippen LogP) is 3.46. The summed E-state index contributed by atoms with van der Waals surface area (Å²) >= 11 is 1.71. The van der Waals surface area contributed by atoms with Crippen molar-refractivity contribution in [1.29, 1.82) is 0 Å². The van der Waals surface area contributed by atoms with Gasteiger partial charge in [-0.05, 0) is 18.8 Å². The Labute approximate surface area is 108 Å². The van der Waals surface area contributed by atoms with Gasteiger partial charge in [0.1, 0.15) is 10.0 Å². The highest BCUT2D eigenvalue weighted by Crippen LogP contribution is 2.28. The van der Waals surface area contributed by atoms with E-state index < -0.39 is 0 Å². The summed E-state index contributed by atoms with van der Waals surface area (Å²) < 4.78 is 0. The van der Waals surface area contributed by atoms with E-state index in [2.05, 4.69) is 17.1 Å². The van der Waals surface area contributed by atoms with E-state index in [1.807, 2.05) is 0 Å². The number of aromatic nitrogens is 2. The molecule has 4 heteroatoms. The van der Waals surface area contributed by atoms with Crippen LogP contribution in [0.15, 0.2) is 0 Å². The van der Waals surface area contributed by atoms with Gasteiger partial charge in [-0.25, -0.2) is 0 Å². The van der Waals surface area contributed by atoms with E-state index in [0.29, 0.717) is 0 Å². The lowest BCUT2D eigenvalue weighted by Crippen LogP contribution is -2.07. The van der Waals surface area contributed by atoms with Crippen molar-refractivity contribution in [3.63, 3.8) is 0 Å². The zero-order chi connectivity index (χ0) is 12.1. The van der Waals surface area contributed by atoms with Gasteiger partial charge in [-0.1, -0.05) is 50.4 Å². The summed E-state index contributed by atoms with van der Waals surface area (Å²) in [6.07, 6.45) is 10.4. The van der Waals surface area contributed by atoms with Gasteiger partial charge in [0.05, 0.1) is 6.04 Å². The predicted molar refractivity (Wildman–Crippen MR) is 72.0 cm³/mol. The molecule has 1 aromatic heterocycles. The summed E-state index contributed by atoms with van der Waals surface area (Å²) in [7, 11) is 0. The standard InChI is InChI=1S/C13H23N3S/c1-2-11(14)13-16-15-12(17-13)9-8-10-6-4-3-5-7-10/h10-11H,2-9,14H2,1H3. The van der Waals surface area contributed by atoms with Crippen LogP contribution in [0.2, 0.25) is 0 Å². The first-order valence-corrected chi connectivity index (χ1v) is 7.69. The first kappa shape index (κ1) is 13.0. The third-order valence-corrected chi connectivity index (χ3v) is 4.85. The molecule has 1 aliphatic rings. The summed E-state index contributed by atoms with van der Waals surface area (Å²) in [6, 6.07) is 0.0796. The van der Waals surface area contributed by atoms with Gasteiger partial charge < -0.3 is 5.73 Å². The lowest BCUT2D eigenvalue weighted by Gasteiger charge is -2.20. The largest absolute Gasteiger partial charge is 0.322 e. The minimum absolute atomic E-state index is 0.0796. The molecule has 2 rings (SSSR count). The molecule has 1 atom stereocenters. The van der Waals surface area contributed by atoms with Gasteiger partial charge in [-0.15, -0.1) is 10.2 Å². The maximum absolute atomic E-state index is 5.95. The molecular weight excluding hydrogens is 230 g/mol. The van der Waals surface area contributed by atoms with Gasteiger partial charge in [0, 0.05) is 6.42 Å². The third-order valence-electron chi connectivity index (χ3n) is 3.73. The van der Waals surface area contributed by atoms with Crippen molar-refractivity contribution >= 4 is 11.3 Å². The summed E-state index contributed by atoms with van der Waals surface area (Å²) in [6.45, 7) is 2.09. The molecule has 1 saturated carbocycles. The van der Waals surface area contributed by atoms with Crippen molar-refractivity contribution < 1.29 is 0 Å². The number of rotatable bonds is 5. The van der Waals surface area contributed by atoms with Crippen LogP contribution in [0.3, 0.4) is 0 Å². The van der Waals surface area contributed by atoms with Crippen LogP contribution in [0, 0.1) is 5.92 Å². The lowest BCUT2D eigenvalue weighted by atomic mass is 9.86. The molecule has 0 radical (unpaired) electrons. The van der Waals surface area contributed by atoms with E-state index in [0.717, 1.165) is 23.8 Å². The van der Waals surface area contributed by atoms with E-state index in [1.54, 1.807) is 11.3 Å². The molecule has 1 fully saturated rings. The summed E-state index contributed by atoms with van der Waals surface area (Å²) in [5, 5.41) is 10.6. The van der Waals surface area contributed by atoms with Crippen molar-refractivity contribution in [3.05, 3.63) is 10.0 Å². The summed E-state index contributed by atoms with van der Waals surface area (Å²) in [5.41, 5.74) is 5.95. The SMILES string of the molecule is CCC(N)c1nnc(CCC2CCCCC2)s1. The molecule has 1 aliphatic carbocycles. The second kappa shape index (κ2) is 6.45. The first-order valence-electron chi connectivity index (χ1n) is 6.87. The normalized spacial score (nSPS) is 19.4. The maximum Gasteiger partial charge on any atom is 0.134 e. The van der Waals surface area contributed by atoms with Crippen LogP contribution in [-0.2, 0) is 6.42 Å². The van der Waals surface area contributed by atoms with Gasteiger partial charge in [0.15, 0.2) is 0 Å². The van der Waals surface area contributed by atoms with E-state index in [4.69, 9.17) is 5.73 Å². The molecule has 0 amide bonds. The monoisotopic (exact) mass is 253 g/mol. The minimum atomic E-state index is 0.0796. The highest BCUT2D eigenvalue weighted by Gasteiger charge is 2.15. The highest BCUT2D eigenvalue weighted by atomic mass is 32.1. The number of nitrogens with two attached hydrogens (primary N) is 1. The molecule has 1 aromatic rings. The van der Waals surface area contributed by atoms with Gasteiger partial charge >= 0.3 is 0 Å². The maximum atomic E-state index is 5.95. The topological polar surface area (TPSA) is 51.8 Å². The Morgan fingerprint density at radius 2 is 2.06 bits per heavy atom. The molecule has 17 heavy (non-hydrogen) atoms. The number of nitrogens with zero attached hydrogens (tertiary/aromatic N) is 2. The van der Waals surface area contributed by atoms with E-state index in [9.17, 15) is 0 Å². The van der Waals surface area contributed by atoms with Gasteiger partial charge in [0.25, 0.3) is 0 Å². The minimum Gasteiger partial charge on any atom is -0.322 e. The zero-order valence-corrected chi connectivity index (χ0v) is 11.5. The van der Waals surface area contributed by atoms with E-state index >= 15 is 0 Å². The molecule has 0 spiro atoms. The third kappa shape index (κ3) is 3.75. The molecule has 3 nitrogen and oxygen atoms in total. The van der Waals surface area contributed by atoms with Crippen molar-refractivity contribution in [1.82, 2.24) is 10.2 Å². The Kier molecular flexibility index (Phi) is 4.92. The van der Waals surface area contributed by atoms with Crippen LogP contribution in [0.5, 0.6) is 0 Å². The number of aryl methyl sites for hydroxylation is 1. The quantitative estimate of drug-likeness (QED) is 0.874. The second-order valence-electron chi connectivity index (χ2n) is 5.09. The Morgan fingerprint density at radius 3 is 2.76 bits per heavy atom. The smallest absolute Gasteiger partial charge is 0.134 e. The van der Waals surface area contributed by atoms with Crippen LogP contribution >= 0.6 is 11.3 Å². The van der Waals surface area contributed by atoms with Crippen LogP contribution in [-0.4, -0.2) is 10.2 Å². The van der Waals surface area contributed by atoms with Gasteiger partial charge in [-0.2, -0.15) is 0 Å². The highest BCUT2D eigenvalue weighted by molar-refractivity contribution is 7.11. The molecule has 2 N–H and O–H groups in total. The summed E-state index contributed by atoms with van der Waals surface area (Å²) in [4.78, 5) is 0. The molecule has 1 heterocycles. The molecule has 1 unspecified atom stereocenters. The van der Waals surface area contributed by atoms with Crippen LogP contribution in [0.4, 0.5) is 0 Å². The molecule has 0 aliphatic heterocycles. The zero-order valence-electron chi connectivity index (χ0n) is 10.7. The Bertz CT molecular complexity index is 331. The van der Waals surface area contributed by atoms with Crippen molar-refractivity contribution in [2.75, 3.05) is 0 Å². The van der Waals surface area contributed by atoms with Crippen LogP contribution in [0.1, 0.15) is 67.9 Å². The van der Waals surface area contributed by atoms with Crippen LogP contribution in [0.25, 0.3) is 0 Å². The van der Waals surface area contributed by atoms with Crippen molar-refractivity contribution in [2.45, 2.75) is 64.3 Å². The van der Waals surface area contributed by atoms with Gasteiger partial charge in [-0.3, -0.25) is 0 Å². The molecular formula is C13H23N3S. The summed E-state index contributed by atoms with van der Waals surface area (Å²) in [5.74, 6) is 0.927.